The van der Waals surface area contributed by atoms with E-state index >= 15 is 0 Å². The zero-order chi connectivity index (χ0) is 18.7. The fraction of sp³-hybridized carbons (Fsp3) is 0.773. The van der Waals surface area contributed by atoms with Gasteiger partial charge in [-0.05, 0) is 67.8 Å². The monoisotopic (exact) mass is 355 g/mol. The highest BCUT2D eigenvalue weighted by Gasteiger charge is 2.66. The first-order valence-electron chi connectivity index (χ1n) is 10.1. The summed E-state index contributed by atoms with van der Waals surface area (Å²) in [6, 6.07) is 2.42. The average Bonchev–Trinajstić information content (AvgIpc) is 2.88. The third-order valence-electron chi connectivity index (χ3n) is 8.58. The number of esters is 1. The maximum absolute atomic E-state index is 11.9. The molecule has 4 rings (SSSR count). The summed E-state index contributed by atoms with van der Waals surface area (Å²) in [5, 5.41) is 9.96. The van der Waals surface area contributed by atoms with E-state index in [0.29, 0.717) is 30.6 Å². The topological polar surface area (TPSA) is 67.2 Å². The van der Waals surface area contributed by atoms with Crippen LogP contribution >= 0.6 is 0 Å². The average molecular weight is 355 g/mol. The second kappa shape index (κ2) is 5.68. The highest BCUT2D eigenvalue weighted by Crippen LogP contribution is 2.68. The predicted molar refractivity (Wildman–Crippen MR) is 96.8 cm³/mol. The van der Waals surface area contributed by atoms with Crippen molar-refractivity contribution in [1.29, 1.82) is 5.26 Å². The Hall–Kier alpha value is -1.63. The Bertz CT molecular complexity index is 734. The van der Waals surface area contributed by atoms with Crippen molar-refractivity contribution < 1.29 is 14.3 Å². The van der Waals surface area contributed by atoms with Crippen molar-refractivity contribution in [3.05, 3.63) is 11.6 Å². The third kappa shape index (κ3) is 2.19. The molecule has 4 aliphatic rings. The lowest BCUT2D eigenvalue weighted by Crippen LogP contribution is -2.55. The van der Waals surface area contributed by atoms with E-state index in [0.717, 1.165) is 38.5 Å². The maximum Gasteiger partial charge on any atom is 0.304 e. The van der Waals surface area contributed by atoms with Gasteiger partial charge < -0.3 is 4.74 Å². The SMILES string of the molecule is CC(=O)O[C@@]1(C#N)CC[C@@H]2[C@@H]3CCC4=CC(=O)CC[C@]4(C)[C@@H]3CC[C@@]21C. The van der Waals surface area contributed by atoms with E-state index < -0.39 is 5.60 Å². The van der Waals surface area contributed by atoms with Crippen LogP contribution in [0, 0.1) is 39.9 Å². The van der Waals surface area contributed by atoms with Crippen molar-refractivity contribution in [2.24, 2.45) is 28.6 Å². The summed E-state index contributed by atoms with van der Waals surface area (Å²) < 4.78 is 5.69. The Balaban J connectivity index is 1.69. The Morgan fingerprint density at radius 2 is 1.88 bits per heavy atom. The number of ketones is 1. The first kappa shape index (κ1) is 17.8. The molecular formula is C22H29NO3. The van der Waals surface area contributed by atoms with Crippen LogP contribution in [0.1, 0.15) is 72.1 Å². The molecule has 0 heterocycles. The minimum Gasteiger partial charge on any atom is -0.443 e. The zero-order valence-corrected chi connectivity index (χ0v) is 16.1. The lowest BCUT2D eigenvalue weighted by molar-refractivity contribution is -0.169. The largest absolute Gasteiger partial charge is 0.443 e. The lowest BCUT2D eigenvalue weighted by Gasteiger charge is -2.58. The number of allylic oxidation sites excluding steroid dienone is 1. The molecule has 0 aromatic carbocycles. The van der Waals surface area contributed by atoms with Gasteiger partial charge in [0, 0.05) is 25.2 Å². The van der Waals surface area contributed by atoms with Gasteiger partial charge in [-0.3, -0.25) is 9.59 Å². The number of hydrogen-bond donors (Lipinski definition) is 0. The van der Waals surface area contributed by atoms with Crippen LogP contribution in [0.25, 0.3) is 0 Å². The van der Waals surface area contributed by atoms with Crippen LogP contribution in [0.15, 0.2) is 11.6 Å². The smallest absolute Gasteiger partial charge is 0.304 e. The second-order valence-corrected chi connectivity index (χ2v) is 9.50. The van der Waals surface area contributed by atoms with Gasteiger partial charge in [0.2, 0.25) is 5.60 Å². The summed E-state index contributed by atoms with van der Waals surface area (Å²) in [4.78, 5) is 23.6. The highest BCUT2D eigenvalue weighted by atomic mass is 16.6. The predicted octanol–water partition coefficient (Wildman–Crippen LogP) is 4.34. The van der Waals surface area contributed by atoms with Crippen molar-refractivity contribution in [3.8, 4) is 6.07 Å². The van der Waals surface area contributed by atoms with Gasteiger partial charge in [0.25, 0.3) is 0 Å². The van der Waals surface area contributed by atoms with E-state index in [2.05, 4.69) is 19.9 Å². The van der Waals surface area contributed by atoms with E-state index in [9.17, 15) is 14.9 Å². The third-order valence-corrected chi connectivity index (χ3v) is 8.58. The van der Waals surface area contributed by atoms with E-state index in [-0.39, 0.29) is 22.6 Å². The van der Waals surface area contributed by atoms with Gasteiger partial charge in [-0.2, -0.15) is 5.26 Å². The minimum atomic E-state index is -0.964. The first-order valence-corrected chi connectivity index (χ1v) is 10.1. The maximum atomic E-state index is 11.9. The highest BCUT2D eigenvalue weighted by molar-refractivity contribution is 5.91. The number of fused-ring (bicyclic) bond motifs is 5. The number of hydrogen-bond acceptors (Lipinski definition) is 4. The fourth-order valence-electron chi connectivity index (χ4n) is 7.18. The normalized spacial score (nSPS) is 47.1. The van der Waals surface area contributed by atoms with Gasteiger partial charge in [0.05, 0.1) is 0 Å². The Morgan fingerprint density at radius 3 is 2.58 bits per heavy atom. The van der Waals surface area contributed by atoms with Crippen molar-refractivity contribution in [2.75, 3.05) is 0 Å². The number of carbonyl (C=O) groups excluding carboxylic acids is 2. The molecular weight excluding hydrogens is 326 g/mol. The number of carbonyl (C=O) groups is 2. The minimum absolute atomic E-state index is 0.136. The van der Waals surface area contributed by atoms with Gasteiger partial charge in [-0.1, -0.05) is 19.4 Å². The molecule has 0 spiro atoms. The summed E-state index contributed by atoms with van der Waals surface area (Å²) in [6.07, 6.45) is 9.28. The summed E-state index contributed by atoms with van der Waals surface area (Å²) in [7, 11) is 0. The quantitative estimate of drug-likeness (QED) is 0.656. The van der Waals surface area contributed by atoms with Crippen LogP contribution in [-0.2, 0) is 14.3 Å². The van der Waals surface area contributed by atoms with Crippen LogP contribution in [0.3, 0.4) is 0 Å². The van der Waals surface area contributed by atoms with Crippen molar-refractivity contribution >= 4 is 11.8 Å². The summed E-state index contributed by atoms with van der Waals surface area (Å²) in [6.45, 7) is 5.97. The number of ether oxygens (including phenoxy) is 1. The fourth-order valence-corrected chi connectivity index (χ4v) is 7.18. The standard InChI is InChI=1S/C22H29NO3/c1-14(24)26-22(13-23)11-8-19-17-5-4-15-12-16(25)6-9-20(15,2)18(17)7-10-21(19,22)3/h12,17-19H,4-11H2,1-3H3/t17-,18-,19-,20+,21+,22-/m1/s1. The summed E-state index contributed by atoms with van der Waals surface area (Å²) >= 11 is 0. The Kier molecular flexibility index (Phi) is 3.88. The molecule has 0 amide bonds. The first-order chi connectivity index (χ1) is 12.3. The van der Waals surface area contributed by atoms with E-state index in [1.54, 1.807) is 0 Å². The van der Waals surface area contributed by atoms with Gasteiger partial charge in [0.1, 0.15) is 6.07 Å². The molecule has 3 saturated carbocycles. The van der Waals surface area contributed by atoms with Crippen molar-refractivity contribution in [3.63, 3.8) is 0 Å². The van der Waals surface area contributed by atoms with Crippen LogP contribution in [0.2, 0.25) is 0 Å². The van der Waals surface area contributed by atoms with E-state index in [1.807, 2.05) is 6.08 Å². The van der Waals surface area contributed by atoms with Crippen LogP contribution in [0.5, 0.6) is 0 Å². The van der Waals surface area contributed by atoms with Crippen molar-refractivity contribution in [1.82, 2.24) is 0 Å². The molecule has 0 radical (unpaired) electrons. The molecule has 0 aromatic rings. The molecule has 4 nitrogen and oxygen atoms in total. The van der Waals surface area contributed by atoms with Crippen LogP contribution in [0.4, 0.5) is 0 Å². The molecule has 0 bridgehead atoms. The van der Waals surface area contributed by atoms with Gasteiger partial charge in [-0.25, -0.2) is 0 Å². The molecule has 4 heteroatoms. The molecule has 0 unspecified atom stereocenters. The van der Waals surface area contributed by atoms with Crippen LogP contribution in [-0.4, -0.2) is 17.4 Å². The zero-order valence-electron chi connectivity index (χ0n) is 16.1. The molecule has 6 atom stereocenters. The van der Waals surface area contributed by atoms with Gasteiger partial charge >= 0.3 is 5.97 Å². The van der Waals surface area contributed by atoms with E-state index in [4.69, 9.17) is 4.74 Å². The molecule has 0 aliphatic heterocycles. The molecule has 0 N–H and O–H groups in total. The summed E-state index contributed by atoms with van der Waals surface area (Å²) in [5.41, 5.74) is 0.283. The molecule has 0 saturated heterocycles. The summed E-state index contributed by atoms with van der Waals surface area (Å²) in [5.74, 6) is 1.52. The van der Waals surface area contributed by atoms with Crippen LogP contribution < -0.4 is 0 Å². The molecule has 4 aliphatic carbocycles. The number of rotatable bonds is 1. The molecule has 26 heavy (non-hydrogen) atoms. The lowest BCUT2D eigenvalue weighted by atomic mass is 9.46. The van der Waals surface area contributed by atoms with Crippen molar-refractivity contribution in [2.45, 2.75) is 77.7 Å². The molecule has 140 valence electrons. The Labute approximate surface area is 156 Å². The van der Waals surface area contributed by atoms with Gasteiger partial charge in [-0.15, -0.1) is 0 Å². The molecule has 0 aromatic heterocycles. The van der Waals surface area contributed by atoms with E-state index in [1.165, 1.54) is 12.5 Å². The number of nitrogens with zero attached hydrogens (tertiary/aromatic N) is 1. The number of nitriles is 1. The second-order valence-electron chi connectivity index (χ2n) is 9.50. The molecule has 3 fully saturated rings. The van der Waals surface area contributed by atoms with Gasteiger partial charge in [0.15, 0.2) is 5.78 Å². The Morgan fingerprint density at radius 1 is 1.15 bits per heavy atom.